The first-order valence-corrected chi connectivity index (χ1v) is 6.41. The number of aromatic nitrogens is 2. The van der Waals surface area contributed by atoms with Crippen LogP contribution >= 0.6 is 11.6 Å². The molecular formula is C14H18ClN3. The maximum Gasteiger partial charge on any atom is 0.0837 e. The van der Waals surface area contributed by atoms with Crippen molar-refractivity contribution in [3.63, 3.8) is 0 Å². The molecule has 3 nitrogen and oxygen atoms in total. The van der Waals surface area contributed by atoms with Crippen molar-refractivity contribution >= 4 is 11.6 Å². The van der Waals surface area contributed by atoms with Crippen molar-refractivity contribution < 1.29 is 0 Å². The second-order valence-electron chi connectivity index (χ2n) is 4.80. The summed E-state index contributed by atoms with van der Waals surface area (Å²) in [5.41, 5.74) is 9.44. The second-order valence-corrected chi connectivity index (χ2v) is 5.21. The highest BCUT2D eigenvalue weighted by atomic mass is 35.5. The van der Waals surface area contributed by atoms with Crippen molar-refractivity contribution in [3.05, 3.63) is 52.3 Å². The lowest BCUT2D eigenvalue weighted by atomic mass is 9.98. The Kier molecular flexibility index (Phi) is 3.73. The van der Waals surface area contributed by atoms with Crippen molar-refractivity contribution in [1.29, 1.82) is 0 Å². The molecule has 0 aliphatic carbocycles. The molecule has 0 aliphatic rings. The van der Waals surface area contributed by atoms with Crippen molar-refractivity contribution in [2.45, 2.75) is 25.8 Å². The van der Waals surface area contributed by atoms with E-state index in [4.69, 9.17) is 17.3 Å². The zero-order valence-corrected chi connectivity index (χ0v) is 11.6. The number of halogens is 1. The first-order chi connectivity index (χ1) is 8.50. The van der Waals surface area contributed by atoms with E-state index in [0.29, 0.717) is 10.9 Å². The van der Waals surface area contributed by atoms with Gasteiger partial charge in [0.15, 0.2) is 0 Å². The highest BCUT2D eigenvalue weighted by Crippen LogP contribution is 2.26. The fourth-order valence-electron chi connectivity index (χ4n) is 2.02. The summed E-state index contributed by atoms with van der Waals surface area (Å²) in [6.07, 6.45) is 1.62. The molecule has 0 saturated heterocycles. The molecule has 0 amide bonds. The van der Waals surface area contributed by atoms with Gasteiger partial charge in [0, 0.05) is 7.05 Å². The molecule has 1 heterocycles. The molecule has 0 bridgehead atoms. The van der Waals surface area contributed by atoms with Crippen molar-refractivity contribution in [3.8, 4) is 0 Å². The fraction of sp³-hybridized carbons (Fsp3) is 0.357. The third kappa shape index (κ3) is 2.42. The summed E-state index contributed by atoms with van der Waals surface area (Å²) < 4.78 is 1.73. The van der Waals surface area contributed by atoms with Crippen LogP contribution in [0.3, 0.4) is 0 Å². The molecule has 0 spiro atoms. The van der Waals surface area contributed by atoms with Crippen molar-refractivity contribution in [1.82, 2.24) is 9.78 Å². The Labute approximate surface area is 113 Å². The van der Waals surface area contributed by atoms with Crippen molar-refractivity contribution in [2.24, 2.45) is 12.8 Å². The standard InChI is InChI=1S/C14H18ClN3/c1-9(2)10-4-6-11(7-5-10)13(16)14-12(15)8-17-18(14)3/h4-9,13H,16H2,1-3H3. The van der Waals surface area contributed by atoms with Crippen LogP contribution in [0.25, 0.3) is 0 Å². The molecule has 2 aromatic rings. The van der Waals surface area contributed by atoms with E-state index in [9.17, 15) is 0 Å². The Hall–Kier alpha value is -1.32. The van der Waals surface area contributed by atoms with Crippen LogP contribution in [-0.4, -0.2) is 9.78 Å². The minimum Gasteiger partial charge on any atom is -0.319 e. The van der Waals surface area contributed by atoms with Gasteiger partial charge in [-0.1, -0.05) is 49.7 Å². The van der Waals surface area contributed by atoms with E-state index in [1.165, 1.54) is 5.56 Å². The lowest BCUT2D eigenvalue weighted by Crippen LogP contribution is -2.16. The van der Waals surface area contributed by atoms with Crippen LogP contribution in [0.5, 0.6) is 0 Å². The van der Waals surface area contributed by atoms with E-state index < -0.39 is 0 Å². The van der Waals surface area contributed by atoms with Gasteiger partial charge >= 0.3 is 0 Å². The van der Waals surface area contributed by atoms with E-state index in [0.717, 1.165) is 11.3 Å². The first-order valence-electron chi connectivity index (χ1n) is 6.03. The maximum absolute atomic E-state index is 6.24. The number of aryl methyl sites for hydroxylation is 1. The molecule has 1 aromatic heterocycles. The Morgan fingerprint density at radius 1 is 1.17 bits per heavy atom. The highest BCUT2D eigenvalue weighted by Gasteiger charge is 2.17. The zero-order valence-electron chi connectivity index (χ0n) is 10.9. The number of hydrogen-bond acceptors (Lipinski definition) is 2. The molecule has 1 atom stereocenters. The topological polar surface area (TPSA) is 43.8 Å². The quantitative estimate of drug-likeness (QED) is 0.924. The summed E-state index contributed by atoms with van der Waals surface area (Å²) in [6.45, 7) is 4.35. The lowest BCUT2D eigenvalue weighted by molar-refractivity contribution is 0.673. The Balaban J connectivity index is 2.32. The van der Waals surface area contributed by atoms with Crippen LogP contribution in [0.2, 0.25) is 5.02 Å². The van der Waals surface area contributed by atoms with Gasteiger partial charge in [-0.15, -0.1) is 0 Å². The SMILES string of the molecule is CC(C)c1ccc(C(N)c2c(Cl)cnn2C)cc1. The van der Waals surface area contributed by atoms with Crippen LogP contribution in [-0.2, 0) is 7.05 Å². The summed E-state index contributed by atoms with van der Waals surface area (Å²) >= 11 is 6.11. The molecule has 2 N–H and O–H groups in total. The molecule has 0 radical (unpaired) electrons. The number of nitrogens with two attached hydrogens (primary N) is 1. The van der Waals surface area contributed by atoms with E-state index >= 15 is 0 Å². The highest BCUT2D eigenvalue weighted by molar-refractivity contribution is 6.31. The largest absolute Gasteiger partial charge is 0.319 e. The average Bonchev–Trinajstić information content (AvgIpc) is 2.68. The van der Waals surface area contributed by atoms with Gasteiger partial charge in [-0.3, -0.25) is 4.68 Å². The average molecular weight is 264 g/mol. The first kappa shape index (κ1) is 13.1. The minimum atomic E-state index is -0.244. The molecule has 2 rings (SSSR count). The molecule has 0 saturated carbocycles. The van der Waals surface area contributed by atoms with Crippen molar-refractivity contribution in [2.75, 3.05) is 0 Å². The smallest absolute Gasteiger partial charge is 0.0837 e. The minimum absolute atomic E-state index is 0.244. The van der Waals surface area contributed by atoms with E-state index in [2.05, 4.69) is 43.2 Å². The normalized spacial score (nSPS) is 13.0. The van der Waals surface area contributed by atoms with Gasteiger partial charge < -0.3 is 5.73 Å². The fourth-order valence-corrected chi connectivity index (χ4v) is 2.30. The zero-order chi connectivity index (χ0) is 13.3. The third-order valence-electron chi connectivity index (χ3n) is 3.19. The predicted molar refractivity (Wildman–Crippen MR) is 74.8 cm³/mol. The molecule has 0 aliphatic heterocycles. The maximum atomic E-state index is 6.24. The van der Waals surface area contributed by atoms with Crippen LogP contribution in [0, 0.1) is 0 Å². The molecule has 96 valence electrons. The van der Waals surface area contributed by atoms with Gasteiger partial charge in [0.25, 0.3) is 0 Å². The third-order valence-corrected chi connectivity index (χ3v) is 3.49. The van der Waals surface area contributed by atoms with Gasteiger partial charge in [0.05, 0.1) is 23.0 Å². The van der Waals surface area contributed by atoms with Gasteiger partial charge in [0.2, 0.25) is 0 Å². The Morgan fingerprint density at radius 3 is 2.17 bits per heavy atom. The predicted octanol–water partition coefficient (Wildman–Crippen LogP) is 3.25. The molecule has 1 aromatic carbocycles. The number of hydrogen-bond donors (Lipinski definition) is 1. The number of rotatable bonds is 3. The Bertz CT molecular complexity index is 509. The molecule has 0 fully saturated rings. The van der Waals surface area contributed by atoms with Gasteiger partial charge in [0.1, 0.15) is 0 Å². The van der Waals surface area contributed by atoms with E-state index in [1.807, 2.05) is 7.05 Å². The van der Waals surface area contributed by atoms with Crippen LogP contribution in [0.4, 0.5) is 0 Å². The van der Waals surface area contributed by atoms with Crippen LogP contribution in [0.15, 0.2) is 30.5 Å². The van der Waals surface area contributed by atoms with Crippen LogP contribution in [0.1, 0.15) is 42.6 Å². The summed E-state index contributed by atoms with van der Waals surface area (Å²) in [6, 6.07) is 8.10. The van der Waals surface area contributed by atoms with Gasteiger partial charge in [-0.2, -0.15) is 5.10 Å². The monoisotopic (exact) mass is 263 g/mol. The van der Waals surface area contributed by atoms with Crippen LogP contribution < -0.4 is 5.73 Å². The molecular weight excluding hydrogens is 246 g/mol. The molecule has 1 unspecified atom stereocenters. The molecule has 4 heteroatoms. The lowest BCUT2D eigenvalue weighted by Gasteiger charge is -2.14. The summed E-state index contributed by atoms with van der Waals surface area (Å²) in [5.74, 6) is 0.524. The summed E-state index contributed by atoms with van der Waals surface area (Å²) in [7, 11) is 1.85. The second kappa shape index (κ2) is 5.12. The van der Waals surface area contributed by atoms with E-state index in [1.54, 1.807) is 10.9 Å². The summed E-state index contributed by atoms with van der Waals surface area (Å²) in [4.78, 5) is 0. The van der Waals surface area contributed by atoms with Gasteiger partial charge in [-0.05, 0) is 17.0 Å². The number of benzene rings is 1. The number of nitrogens with zero attached hydrogens (tertiary/aromatic N) is 2. The van der Waals surface area contributed by atoms with Gasteiger partial charge in [-0.25, -0.2) is 0 Å². The summed E-state index contributed by atoms with van der Waals surface area (Å²) in [5, 5.41) is 4.72. The Morgan fingerprint density at radius 2 is 1.72 bits per heavy atom. The molecule has 18 heavy (non-hydrogen) atoms. The van der Waals surface area contributed by atoms with E-state index in [-0.39, 0.29) is 6.04 Å².